The summed E-state index contributed by atoms with van der Waals surface area (Å²) in [6.45, 7) is 2.36. The highest BCUT2D eigenvalue weighted by molar-refractivity contribution is 9.13. The highest BCUT2D eigenvalue weighted by Gasteiger charge is 2.30. The van der Waals surface area contributed by atoms with Crippen LogP contribution in [0.15, 0.2) is 43.9 Å². The van der Waals surface area contributed by atoms with Gasteiger partial charge in [0.1, 0.15) is 5.76 Å². The van der Waals surface area contributed by atoms with Gasteiger partial charge in [-0.3, -0.25) is 0 Å². The van der Waals surface area contributed by atoms with Gasteiger partial charge in [0.25, 0.3) is 0 Å². The van der Waals surface area contributed by atoms with Crippen LogP contribution >= 0.6 is 31.9 Å². The quantitative estimate of drug-likeness (QED) is 0.680. The van der Waals surface area contributed by atoms with Crippen molar-refractivity contribution in [2.24, 2.45) is 0 Å². The highest BCUT2D eigenvalue weighted by Crippen LogP contribution is 2.30. The Morgan fingerprint density at radius 3 is 2.29 bits per heavy atom. The normalized spacial score (nSPS) is 13.4. The Bertz CT molecular complexity index is 588. The summed E-state index contributed by atoms with van der Waals surface area (Å²) in [5.74, 6) is 0.729. The van der Waals surface area contributed by atoms with Gasteiger partial charge in [-0.2, -0.15) is 13.2 Å². The molecule has 2 rings (SSSR count). The molecule has 7 heteroatoms. The van der Waals surface area contributed by atoms with Crippen molar-refractivity contribution in [2.75, 3.05) is 0 Å². The molecule has 1 N–H and O–H groups in total. The zero-order valence-electron chi connectivity index (χ0n) is 11.0. The fraction of sp³-hybridized carbons (Fsp3) is 0.286. The standard InChI is InChI=1S/C14H12Br2F3NO/c1-8(20-7-11-6-12(15)13(16)21-11)9-2-4-10(5-3-9)14(17,18)19/h2-6,8,20H,7H2,1H3. The number of hydrogen-bond donors (Lipinski definition) is 1. The van der Waals surface area contributed by atoms with E-state index >= 15 is 0 Å². The molecule has 0 saturated heterocycles. The Labute approximate surface area is 137 Å². The van der Waals surface area contributed by atoms with Crippen molar-refractivity contribution in [3.63, 3.8) is 0 Å². The number of rotatable bonds is 4. The van der Waals surface area contributed by atoms with Crippen molar-refractivity contribution in [3.8, 4) is 0 Å². The van der Waals surface area contributed by atoms with Crippen LogP contribution in [0, 0.1) is 0 Å². The maximum absolute atomic E-state index is 12.5. The first kappa shape index (κ1) is 16.6. The van der Waals surface area contributed by atoms with Gasteiger partial charge in [0, 0.05) is 6.04 Å². The van der Waals surface area contributed by atoms with Crippen molar-refractivity contribution < 1.29 is 17.6 Å². The van der Waals surface area contributed by atoms with E-state index in [1.807, 2.05) is 13.0 Å². The van der Waals surface area contributed by atoms with Gasteiger partial charge in [0.15, 0.2) is 4.67 Å². The average molecular weight is 427 g/mol. The van der Waals surface area contributed by atoms with E-state index in [1.54, 1.807) is 0 Å². The van der Waals surface area contributed by atoms with Crippen molar-refractivity contribution >= 4 is 31.9 Å². The summed E-state index contributed by atoms with van der Waals surface area (Å²) in [7, 11) is 0. The summed E-state index contributed by atoms with van der Waals surface area (Å²) >= 11 is 6.57. The van der Waals surface area contributed by atoms with E-state index in [0.717, 1.165) is 27.9 Å². The lowest BCUT2D eigenvalue weighted by Crippen LogP contribution is -2.18. The molecule has 0 radical (unpaired) electrons. The van der Waals surface area contributed by atoms with Crippen molar-refractivity contribution in [3.05, 3.63) is 56.4 Å². The highest BCUT2D eigenvalue weighted by atomic mass is 79.9. The maximum atomic E-state index is 12.5. The van der Waals surface area contributed by atoms with Gasteiger partial charge in [0.05, 0.1) is 16.6 Å². The third kappa shape index (κ3) is 4.34. The molecule has 0 bridgehead atoms. The lowest BCUT2D eigenvalue weighted by molar-refractivity contribution is -0.137. The van der Waals surface area contributed by atoms with Crippen LogP contribution in [0.2, 0.25) is 0 Å². The number of halogens is 5. The Hall–Kier alpha value is -0.790. The van der Waals surface area contributed by atoms with Crippen LogP contribution < -0.4 is 5.32 Å². The minimum atomic E-state index is -4.30. The third-order valence-electron chi connectivity index (χ3n) is 3.02. The van der Waals surface area contributed by atoms with Crippen LogP contribution in [0.3, 0.4) is 0 Å². The Morgan fingerprint density at radius 1 is 1.19 bits per heavy atom. The second-order valence-electron chi connectivity index (χ2n) is 4.56. The zero-order chi connectivity index (χ0) is 15.6. The van der Waals surface area contributed by atoms with Crippen LogP contribution in [0.4, 0.5) is 13.2 Å². The molecule has 0 aliphatic carbocycles. The summed E-state index contributed by atoms with van der Waals surface area (Å²) in [4.78, 5) is 0. The second-order valence-corrected chi connectivity index (χ2v) is 6.13. The molecule has 0 fully saturated rings. The molecule has 0 spiro atoms. The Balaban J connectivity index is 1.98. The Kier molecular flexibility index (Phi) is 5.16. The molecule has 1 unspecified atom stereocenters. The summed E-state index contributed by atoms with van der Waals surface area (Å²) in [5, 5.41) is 3.20. The SMILES string of the molecule is CC(NCc1cc(Br)c(Br)o1)c1ccc(C(F)(F)F)cc1. The van der Waals surface area contributed by atoms with Gasteiger partial charge in [-0.05, 0) is 62.5 Å². The fourth-order valence-electron chi connectivity index (χ4n) is 1.81. The molecule has 21 heavy (non-hydrogen) atoms. The van der Waals surface area contributed by atoms with Crippen molar-refractivity contribution in [1.29, 1.82) is 0 Å². The monoisotopic (exact) mass is 425 g/mol. The first-order valence-electron chi connectivity index (χ1n) is 6.11. The van der Waals surface area contributed by atoms with Crippen LogP contribution in [0.1, 0.15) is 29.9 Å². The van der Waals surface area contributed by atoms with Crippen molar-refractivity contribution in [2.45, 2.75) is 25.7 Å². The number of benzene rings is 1. The summed E-state index contributed by atoms with van der Waals surface area (Å²) < 4.78 is 44.3. The topological polar surface area (TPSA) is 25.2 Å². The molecule has 0 saturated carbocycles. The lowest BCUT2D eigenvalue weighted by atomic mass is 10.1. The van der Waals surface area contributed by atoms with Crippen LogP contribution in [0.5, 0.6) is 0 Å². The molecule has 0 amide bonds. The van der Waals surface area contributed by atoms with Crippen LogP contribution in [-0.4, -0.2) is 0 Å². The minimum absolute atomic E-state index is 0.0880. The predicted molar refractivity (Wildman–Crippen MR) is 80.8 cm³/mol. The number of hydrogen-bond acceptors (Lipinski definition) is 2. The molecular formula is C14H12Br2F3NO. The maximum Gasteiger partial charge on any atom is 0.416 e. The largest absolute Gasteiger partial charge is 0.452 e. The van der Waals surface area contributed by atoms with Gasteiger partial charge in [0.2, 0.25) is 0 Å². The molecule has 0 aliphatic rings. The second kappa shape index (κ2) is 6.54. The summed E-state index contributed by atoms with van der Waals surface area (Å²) in [6, 6.07) is 6.88. The van der Waals surface area contributed by atoms with Crippen LogP contribution in [0.25, 0.3) is 0 Å². The lowest BCUT2D eigenvalue weighted by Gasteiger charge is -2.14. The van der Waals surface area contributed by atoms with E-state index in [2.05, 4.69) is 37.2 Å². The molecule has 2 aromatic rings. The Morgan fingerprint density at radius 2 is 1.81 bits per heavy atom. The molecule has 1 aromatic carbocycles. The fourth-order valence-corrected chi connectivity index (χ4v) is 2.47. The molecular weight excluding hydrogens is 415 g/mol. The van der Waals surface area contributed by atoms with Gasteiger partial charge >= 0.3 is 6.18 Å². The van der Waals surface area contributed by atoms with Crippen molar-refractivity contribution in [1.82, 2.24) is 5.32 Å². The number of nitrogens with one attached hydrogen (secondary N) is 1. The average Bonchev–Trinajstić information content (AvgIpc) is 2.74. The first-order chi connectivity index (χ1) is 9.77. The molecule has 1 aromatic heterocycles. The van der Waals surface area contributed by atoms with E-state index in [0.29, 0.717) is 11.2 Å². The number of furan rings is 1. The molecule has 1 heterocycles. The molecule has 2 nitrogen and oxygen atoms in total. The molecule has 114 valence electrons. The van der Waals surface area contributed by atoms with Gasteiger partial charge in [-0.25, -0.2) is 0 Å². The minimum Gasteiger partial charge on any atom is -0.452 e. The smallest absolute Gasteiger partial charge is 0.416 e. The third-order valence-corrected chi connectivity index (χ3v) is 4.73. The molecule has 1 atom stereocenters. The van der Waals surface area contributed by atoms with Gasteiger partial charge in [-0.15, -0.1) is 0 Å². The predicted octanol–water partition coefficient (Wildman–Crippen LogP) is 5.67. The van der Waals surface area contributed by atoms with E-state index in [4.69, 9.17) is 4.42 Å². The zero-order valence-corrected chi connectivity index (χ0v) is 14.1. The summed E-state index contributed by atoms with van der Waals surface area (Å²) in [5.41, 5.74) is 0.144. The van der Waals surface area contributed by atoms with Gasteiger partial charge < -0.3 is 9.73 Å². The van der Waals surface area contributed by atoms with E-state index in [9.17, 15) is 13.2 Å². The van der Waals surface area contributed by atoms with Crippen LogP contribution in [-0.2, 0) is 12.7 Å². The van der Waals surface area contributed by atoms with Gasteiger partial charge in [-0.1, -0.05) is 12.1 Å². The molecule has 0 aliphatic heterocycles. The number of alkyl halides is 3. The van der Waals surface area contributed by atoms with E-state index in [-0.39, 0.29) is 6.04 Å². The van der Waals surface area contributed by atoms with E-state index < -0.39 is 11.7 Å². The first-order valence-corrected chi connectivity index (χ1v) is 7.70. The van der Waals surface area contributed by atoms with E-state index in [1.165, 1.54) is 12.1 Å². The summed E-state index contributed by atoms with van der Waals surface area (Å²) in [6.07, 6.45) is -4.30.